The molecule has 0 aromatic heterocycles. The van der Waals surface area contributed by atoms with E-state index in [0.29, 0.717) is 12.5 Å². The topological polar surface area (TPSA) is 41.9 Å². The second-order valence-corrected chi connectivity index (χ2v) is 2.76. The third-order valence-electron chi connectivity index (χ3n) is 1.65. The van der Waals surface area contributed by atoms with Gasteiger partial charge in [-0.2, -0.15) is 5.10 Å². The predicted octanol–water partition coefficient (Wildman–Crippen LogP) is 0.792. The number of rotatable bonds is 1. The minimum absolute atomic E-state index is 0.323. The van der Waals surface area contributed by atoms with Crippen molar-refractivity contribution >= 4 is 11.7 Å². The Balaban J connectivity index is 2.47. The molecule has 0 aromatic carbocycles. The maximum absolute atomic E-state index is 10.5. The van der Waals surface area contributed by atoms with Crippen LogP contribution in [0.15, 0.2) is 5.10 Å². The van der Waals surface area contributed by atoms with E-state index in [4.69, 9.17) is 4.84 Å². The van der Waals surface area contributed by atoms with Gasteiger partial charge in [-0.25, -0.2) is 4.79 Å². The molecule has 0 aliphatic carbocycles. The summed E-state index contributed by atoms with van der Waals surface area (Å²) in [6, 6.07) is 0. The second-order valence-electron chi connectivity index (χ2n) is 2.76. The first-order valence-electron chi connectivity index (χ1n) is 3.60. The lowest BCUT2D eigenvalue weighted by Crippen LogP contribution is -2.20. The van der Waals surface area contributed by atoms with Crippen molar-refractivity contribution in [2.45, 2.75) is 20.8 Å². The summed E-state index contributed by atoms with van der Waals surface area (Å²) >= 11 is 0. The van der Waals surface area contributed by atoms with E-state index in [1.165, 1.54) is 12.1 Å². The number of nitrogens with zero attached hydrogens (tertiary/aromatic N) is 2. The highest BCUT2D eigenvalue weighted by Gasteiger charge is 2.20. The van der Waals surface area contributed by atoms with Crippen LogP contribution in [0.4, 0.5) is 0 Å². The van der Waals surface area contributed by atoms with Gasteiger partial charge in [0.15, 0.2) is 0 Å². The van der Waals surface area contributed by atoms with Crippen LogP contribution >= 0.6 is 0 Å². The Morgan fingerprint density at radius 3 is 2.82 bits per heavy atom. The first kappa shape index (κ1) is 8.04. The van der Waals surface area contributed by atoms with Gasteiger partial charge in [0, 0.05) is 18.6 Å². The van der Waals surface area contributed by atoms with Gasteiger partial charge in [-0.3, -0.25) is 0 Å². The molecule has 0 amide bonds. The third kappa shape index (κ3) is 1.93. The van der Waals surface area contributed by atoms with Crippen LogP contribution in [0.25, 0.3) is 0 Å². The molecule has 1 aliphatic heterocycles. The Morgan fingerprint density at radius 2 is 2.45 bits per heavy atom. The van der Waals surface area contributed by atoms with E-state index in [1.807, 2.05) is 13.8 Å². The zero-order chi connectivity index (χ0) is 8.43. The molecular formula is C7H12N2O2. The monoisotopic (exact) mass is 156 g/mol. The van der Waals surface area contributed by atoms with Crippen molar-refractivity contribution < 1.29 is 9.63 Å². The Kier molecular flexibility index (Phi) is 2.12. The Labute approximate surface area is 65.8 Å². The number of hydrogen-bond donors (Lipinski definition) is 0. The Hall–Kier alpha value is -1.06. The van der Waals surface area contributed by atoms with Crippen LogP contribution in [-0.2, 0) is 9.63 Å². The molecule has 4 heteroatoms. The molecule has 0 aromatic rings. The maximum Gasteiger partial charge on any atom is 0.331 e. The summed E-state index contributed by atoms with van der Waals surface area (Å²) in [7, 11) is 0. The normalized spacial score (nSPS) is 23.4. The number of hydrogen-bond acceptors (Lipinski definition) is 4. The van der Waals surface area contributed by atoms with Crippen LogP contribution in [-0.4, -0.2) is 23.4 Å². The van der Waals surface area contributed by atoms with Crippen LogP contribution in [0.2, 0.25) is 0 Å². The van der Waals surface area contributed by atoms with Crippen LogP contribution in [0, 0.1) is 5.92 Å². The minimum atomic E-state index is -0.323. The second kappa shape index (κ2) is 2.90. The van der Waals surface area contributed by atoms with Crippen LogP contribution < -0.4 is 0 Å². The van der Waals surface area contributed by atoms with Gasteiger partial charge in [0.1, 0.15) is 0 Å². The number of hydrazone groups is 1. The summed E-state index contributed by atoms with van der Waals surface area (Å²) in [5, 5.41) is 5.35. The summed E-state index contributed by atoms with van der Waals surface area (Å²) in [6.45, 7) is 6.01. The van der Waals surface area contributed by atoms with Crippen molar-refractivity contribution in [3.8, 4) is 0 Å². The molecule has 1 rings (SSSR count). The van der Waals surface area contributed by atoms with Gasteiger partial charge in [0.2, 0.25) is 0 Å². The lowest BCUT2D eigenvalue weighted by atomic mass is 10.1. The molecule has 0 bridgehead atoms. The number of carbonyl (C=O) groups is 1. The zero-order valence-electron chi connectivity index (χ0n) is 7.00. The zero-order valence-corrected chi connectivity index (χ0v) is 7.00. The van der Waals surface area contributed by atoms with Crippen LogP contribution in [0.5, 0.6) is 0 Å². The fourth-order valence-corrected chi connectivity index (χ4v) is 0.888. The summed E-state index contributed by atoms with van der Waals surface area (Å²) < 4.78 is 0. The molecule has 62 valence electrons. The summed E-state index contributed by atoms with van der Waals surface area (Å²) in [6.07, 6.45) is 0. The molecule has 0 radical (unpaired) electrons. The van der Waals surface area contributed by atoms with Gasteiger partial charge in [-0.05, 0) is 6.92 Å². The van der Waals surface area contributed by atoms with Crippen molar-refractivity contribution in [3.05, 3.63) is 0 Å². The molecule has 0 spiro atoms. The van der Waals surface area contributed by atoms with Crippen molar-refractivity contribution in [3.63, 3.8) is 0 Å². The summed E-state index contributed by atoms with van der Waals surface area (Å²) in [4.78, 5) is 15.2. The number of hydroxylamine groups is 1. The molecule has 0 saturated heterocycles. The van der Waals surface area contributed by atoms with Gasteiger partial charge >= 0.3 is 5.97 Å². The van der Waals surface area contributed by atoms with Crippen molar-refractivity contribution in [1.82, 2.24) is 5.17 Å². The van der Waals surface area contributed by atoms with Crippen molar-refractivity contribution in [2.75, 3.05) is 6.54 Å². The number of carbonyl (C=O) groups excluding carboxylic acids is 1. The fraction of sp³-hybridized carbons (Fsp3) is 0.714. The molecular weight excluding hydrogens is 144 g/mol. The first-order chi connectivity index (χ1) is 5.09. The lowest BCUT2D eigenvalue weighted by Gasteiger charge is -2.10. The maximum atomic E-state index is 10.5. The molecule has 4 nitrogen and oxygen atoms in total. The lowest BCUT2D eigenvalue weighted by molar-refractivity contribution is -0.186. The Morgan fingerprint density at radius 1 is 1.82 bits per heavy atom. The van der Waals surface area contributed by atoms with E-state index in [9.17, 15) is 4.79 Å². The highest BCUT2D eigenvalue weighted by molar-refractivity contribution is 5.85. The highest BCUT2D eigenvalue weighted by atomic mass is 16.7. The van der Waals surface area contributed by atoms with Gasteiger partial charge < -0.3 is 4.84 Å². The molecule has 0 N–H and O–H groups in total. The first-order valence-corrected chi connectivity index (χ1v) is 3.60. The summed E-state index contributed by atoms with van der Waals surface area (Å²) in [5.74, 6) is 0.0602. The summed E-state index contributed by atoms with van der Waals surface area (Å²) in [5.41, 5.74) is 1.01. The SMILES string of the molecule is CC(=O)ON1CC(C)C(C)=N1. The van der Waals surface area contributed by atoms with Gasteiger partial charge in [-0.15, -0.1) is 5.17 Å². The standard InChI is InChI=1S/C7H12N2O2/c1-5-4-9(8-6(5)2)11-7(3)10/h5H,4H2,1-3H3. The minimum Gasteiger partial charge on any atom is -0.324 e. The van der Waals surface area contributed by atoms with E-state index >= 15 is 0 Å². The third-order valence-corrected chi connectivity index (χ3v) is 1.65. The highest BCUT2D eigenvalue weighted by Crippen LogP contribution is 2.12. The molecule has 1 aliphatic rings. The average molecular weight is 156 g/mol. The largest absolute Gasteiger partial charge is 0.331 e. The van der Waals surface area contributed by atoms with Crippen molar-refractivity contribution in [1.29, 1.82) is 0 Å². The predicted molar refractivity (Wildman–Crippen MR) is 40.7 cm³/mol. The Bertz CT molecular complexity index is 201. The van der Waals surface area contributed by atoms with Crippen molar-refractivity contribution in [2.24, 2.45) is 11.0 Å². The molecule has 11 heavy (non-hydrogen) atoms. The average Bonchev–Trinajstić information content (AvgIpc) is 2.10. The van der Waals surface area contributed by atoms with Gasteiger partial charge in [-0.1, -0.05) is 6.92 Å². The van der Waals surface area contributed by atoms with E-state index in [0.717, 1.165) is 5.71 Å². The molecule has 1 atom stereocenters. The molecule has 1 unspecified atom stereocenters. The van der Waals surface area contributed by atoms with Crippen LogP contribution in [0.3, 0.4) is 0 Å². The molecule has 1 heterocycles. The van der Waals surface area contributed by atoms with E-state index < -0.39 is 0 Å². The van der Waals surface area contributed by atoms with Gasteiger partial charge in [0.05, 0.1) is 6.54 Å². The van der Waals surface area contributed by atoms with E-state index in [1.54, 1.807) is 0 Å². The van der Waals surface area contributed by atoms with E-state index in [-0.39, 0.29) is 5.97 Å². The smallest absolute Gasteiger partial charge is 0.324 e. The van der Waals surface area contributed by atoms with Gasteiger partial charge in [0.25, 0.3) is 0 Å². The molecule has 0 saturated carbocycles. The molecule has 0 fully saturated rings. The fourth-order valence-electron chi connectivity index (χ4n) is 0.888. The quantitative estimate of drug-likeness (QED) is 0.563. The van der Waals surface area contributed by atoms with Crippen LogP contribution in [0.1, 0.15) is 20.8 Å². The van der Waals surface area contributed by atoms with E-state index in [2.05, 4.69) is 5.10 Å².